The number of carboxylic acids is 6. The summed E-state index contributed by atoms with van der Waals surface area (Å²) in [6, 6.07) is 0. The minimum Gasteiger partial charge on any atom is -0.481 e. The van der Waals surface area contributed by atoms with Gasteiger partial charge in [-0.3, -0.25) is 19.2 Å². The van der Waals surface area contributed by atoms with Crippen LogP contribution in [-0.4, -0.2) is 88.9 Å². The van der Waals surface area contributed by atoms with E-state index < -0.39 is 60.9 Å². The van der Waals surface area contributed by atoms with E-state index in [2.05, 4.69) is 0 Å². The molecule has 0 saturated carbocycles. The van der Waals surface area contributed by atoms with Crippen LogP contribution < -0.4 is 0 Å². The first-order valence-electron chi connectivity index (χ1n) is 6.39. The van der Waals surface area contributed by atoms with Crippen LogP contribution >= 0.6 is 0 Å². The van der Waals surface area contributed by atoms with E-state index in [0.29, 0.717) is 0 Å². The van der Waals surface area contributed by atoms with E-state index in [9.17, 15) is 28.8 Å². The second-order valence-corrected chi connectivity index (χ2v) is 4.19. The van der Waals surface area contributed by atoms with Gasteiger partial charge in [-0.1, -0.05) is 0 Å². The van der Waals surface area contributed by atoms with E-state index in [-0.39, 0.29) is 12.8 Å². The van der Waals surface area contributed by atoms with Crippen LogP contribution in [0.3, 0.4) is 0 Å². The molecule has 14 heteroatoms. The second kappa shape index (κ2) is 15.3. The Bertz CT molecular complexity index is 464. The highest BCUT2D eigenvalue weighted by Crippen LogP contribution is 1.90. The Labute approximate surface area is 144 Å². The maximum absolute atomic E-state index is 9.72. The molecule has 0 bridgehead atoms. The van der Waals surface area contributed by atoms with Crippen LogP contribution in [0.4, 0.5) is 0 Å². The number of carboxylic acid groups (broad SMARTS) is 6. The summed E-state index contributed by atoms with van der Waals surface area (Å²) in [6.07, 6.45) is -5.68. The van der Waals surface area contributed by atoms with E-state index in [1.807, 2.05) is 0 Å². The molecule has 2 unspecified atom stereocenters. The van der Waals surface area contributed by atoms with Crippen molar-refractivity contribution in [2.24, 2.45) is 0 Å². The molecule has 0 heterocycles. The molecule has 0 fully saturated rings. The van der Waals surface area contributed by atoms with Crippen molar-refractivity contribution in [1.82, 2.24) is 0 Å². The van der Waals surface area contributed by atoms with E-state index in [1.54, 1.807) is 0 Å². The molecule has 0 aromatic heterocycles. The monoisotopic (exact) mass is 386 g/mol. The van der Waals surface area contributed by atoms with Crippen molar-refractivity contribution in [2.45, 2.75) is 37.9 Å². The molecule has 14 nitrogen and oxygen atoms in total. The fourth-order valence-corrected chi connectivity index (χ4v) is 0.719. The first-order chi connectivity index (χ1) is 11.7. The van der Waals surface area contributed by atoms with Crippen LogP contribution in [0.2, 0.25) is 0 Å². The van der Waals surface area contributed by atoms with Crippen LogP contribution in [0.25, 0.3) is 0 Å². The molecule has 0 aliphatic rings. The van der Waals surface area contributed by atoms with E-state index in [0.717, 1.165) is 0 Å². The maximum Gasteiger partial charge on any atom is 0.333 e. The van der Waals surface area contributed by atoms with Crippen LogP contribution in [0.1, 0.15) is 25.7 Å². The number of aliphatic carboxylic acids is 6. The third kappa shape index (κ3) is 25.7. The lowest BCUT2D eigenvalue weighted by molar-refractivity contribution is -0.153. The lowest BCUT2D eigenvalue weighted by Crippen LogP contribution is -2.22. The summed E-state index contributed by atoms with van der Waals surface area (Å²) in [5.41, 5.74) is 0. The Morgan fingerprint density at radius 2 is 0.731 bits per heavy atom. The Balaban J connectivity index is -0.000000306. The minimum absolute atomic E-state index is 0.296. The van der Waals surface area contributed by atoms with Crippen molar-refractivity contribution in [2.75, 3.05) is 0 Å². The minimum atomic E-state index is -1.79. The van der Waals surface area contributed by atoms with Gasteiger partial charge >= 0.3 is 35.8 Å². The van der Waals surface area contributed by atoms with Crippen LogP contribution in [-0.2, 0) is 28.8 Å². The topological polar surface area (TPSA) is 264 Å². The van der Waals surface area contributed by atoms with E-state index in [1.165, 1.54) is 0 Å². The normalized spacial score (nSPS) is 11.3. The highest BCUT2D eigenvalue weighted by Gasteiger charge is 2.16. The quantitative estimate of drug-likeness (QED) is 0.208. The fraction of sp³-hybridized carbons (Fsp3) is 0.500. The summed E-state index contributed by atoms with van der Waals surface area (Å²) in [6.45, 7) is 0. The predicted octanol–water partition coefficient (Wildman–Crippen LogP) is -2.25. The van der Waals surface area contributed by atoms with Crippen molar-refractivity contribution in [1.29, 1.82) is 0 Å². The molecular formula is C12H18O14. The number of rotatable bonds is 9. The molecule has 0 aliphatic carbocycles. The average molecular weight is 386 g/mol. The van der Waals surface area contributed by atoms with Gasteiger partial charge in [-0.05, 0) is 0 Å². The molecule has 0 aromatic rings. The smallest absolute Gasteiger partial charge is 0.333 e. The van der Waals surface area contributed by atoms with Gasteiger partial charge in [-0.2, -0.15) is 0 Å². The average Bonchev–Trinajstić information content (AvgIpc) is 2.44. The van der Waals surface area contributed by atoms with Crippen LogP contribution in [0.15, 0.2) is 0 Å². The molecule has 150 valence electrons. The lowest BCUT2D eigenvalue weighted by atomic mass is 10.3. The Morgan fingerprint density at radius 3 is 0.808 bits per heavy atom. The number of hydrogen-bond acceptors (Lipinski definition) is 8. The third-order valence-electron chi connectivity index (χ3n) is 1.86. The summed E-state index contributed by atoms with van der Waals surface area (Å²) in [5, 5.41) is 64.1. The van der Waals surface area contributed by atoms with Gasteiger partial charge in [-0.25, -0.2) is 9.59 Å². The second-order valence-electron chi connectivity index (χ2n) is 4.19. The Kier molecular flexibility index (Phi) is 16.2. The molecule has 0 amide bonds. The van der Waals surface area contributed by atoms with Crippen molar-refractivity contribution < 1.29 is 69.6 Å². The summed E-state index contributed by atoms with van der Waals surface area (Å²) in [4.78, 5) is 58.1. The number of aliphatic hydroxyl groups excluding tert-OH is 2. The summed E-state index contributed by atoms with van der Waals surface area (Å²) in [5.74, 6) is -7.84. The van der Waals surface area contributed by atoms with Crippen LogP contribution in [0, 0.1) is 0 Å². The third-order valence-corrected chi connectivity index (χ3v) is 1.86. The summed E-state index contributed by atoms with van der Waals surface area (Å²) in [7, 11) is 0. The molecule has 0 saturated heterocycles. The van der Waals surface area contributed by atoms with E-state index in [4.69, 9.17) is 40.9 Å². The molecule has 0 aromatic carbocycles. The number of aliphatic hydroxyl groups is 2. The standard InChI is InChI=1S/2C4H6O5.C4H6O4/c2*5-2(4(8)9)1-3(6)7;5-3(6)1-2-4(7)8/h2*2,5H,1H2,(H,6,7)(H,8,9);1-2H2,(H,5,6)(H,7,8). The summed E-state index contributed by atoms with van der Waals surface area (Å²) < 4.78 is 0. The van der Waals surface area contributed by atoms with Gasteiger partial charge in [0.05, 0.1) is 25.7 Å². The van der Waals surface area contributed by atoms with Gasteiger partial charge < -0.3 is 40.9 Å². The zero-order valence-electron chi connectivity index (χ0n) is 13.0. The largest absolute Gasteiger partial charge is 0.481 e. The van der Waals surface area contributed by atoms with Gasteiger partial charge in [0, 0.05) is 0 Å². The molecule has 2 atom stereocenters. The first-order valence-corrected chi connectivity index (χ1v) is 6.39. The maximum atomic E-state index is 9.72. The molecule has 0 spiro atoms. The van der Waals surface area contributed by atoms with Gasteiger partial charge in [0.15, 0.2) is 12.2 Å². The highest BCUT2D eigenvalue weighted by molar-refractivity contribution is 5.79. The zero-order chi connectivity index (χ0) is 21.4. The van der Waals surface area contributed by atoms with Crippen molar-refractivity contribution in [3.63, 3.8) is 0 Å². The van der Waals surface area contributed by atoms with Crippen molar-refractivity contribution in [3.05, 3.63) is 0 Å². The Hall–Kier alpha value is -3.26. The van der Waals surface area contributed by atoms with Gasteiger partial charge in [0.1, 0.15) is 0 Å². The number of hydrogen-bond donors (Lipinski definition) is 8. The van der Waals surface area contributed by atoms with Crippen molar-refractivity contribution >= 4 is 35.8 Å². The van der Waals surface area contributed by atoms with E-state index >= 15 is 0 Å². The lowest BCUT2D eigenvalue weighted by Gasteiger charge is -1.97. The molecule has 0 rings (SSSR count). The molecule has 8 N–H and O–H groups in total. The van der Waals surface area contributed by atoms with Gasteiger partial charge in [-0.15, -0.1) is 0 Å². The molecule has 0 aliphatic heterocycles. The Morgan fingerprint density at radius 1 is 0.500 bits per heavy atom. The fourth-order valence-electron chi connectivity index (χ4n) is 0.719. The first kappa shape index (κ1) is 27.6. The molecular weight excluding hydrogens is 368 g/mol. The highest BCUT2D eigenvalue weighted by atomic mass is 16.4. The zero-order valence-corrected chi connectivity index (χ0v) is 13.0. The van der Waals surface area contributed by atoms with Gasteiger partial charge in [0.2, 0.25) is 0 Å². The van der Waals surface area contributed by atoms with Gasteiger partial charge in [0.25, 0.3) is 0 Å². The predicted molar refractivity (Wildman–Crippen MR) is 76.3 cm³/mol. The molecule has 26 heavy (non-hydrogen) atoms. The molecule has 0 radical (unpaired) electrons. The van der Waals surface area contributed by atoms with Crippen LogP contribution in [0.5, 0.6) is 0 Å². The van der Waals surface area contributed by atoms with Crippen molar-refractivity contribution in [3.8, 4) is 0 Å². The SMILES string of the molecule is O=C(O)CC(O)C(=O)O.O=C(O)CC(O)C(=O)O.O=C(O)CCC(=O)O. The number of carbonyl (C=O) groups is 6. The summed E-state index contributed by atoms with van der Waals surface area (Å²) >= 11 is 0.